The Balaban J connectivity index is 1.04. The third-order valence-corrected chi connectivity index (χ3v) is 13.4. The molecule has 9 aromatic carbocycles. The van der Waals surface area contributed by atoms with Crippen molar-refractivity contribution < 1.29 is 0 Å². The van der Waals surface area contributed by atoms with Gasteiger partial charge in [0.15, 0.2) is 0 Å². The van der Waals surface area contributed by atoms with Crippen molar-refractivity contribution in [3.8, 4) is 44.5 Å². The van der Waals surface area contributed by atoms with Crippen molar-refractivity contribution in [2.75, 3.05) is 4.90 Å². The first-order chi connectivity index (χ1) is 28.2. The van der Waals surface area contributed by atoms with Crippen molar-refractivity contribution in [2.24, 2.45) is 0 Å². The molecule has 0 spiro atoms. The number of thiophene rings is 2. The van der Waals surface area contributed by atoms with E-state index in [1.807, 2.05) is 22.7 Å². The quantitative estimate of drug-likeness (QED) is 0.156. The first-order valence-corrected chi connectivity index (χ1v) is 21.0. The standard InChI is InChI=1S/C54H35NS2/c1-3-12-36(13-4-1)38-24-28-43(29-25-38)55(44-30-26-39(27-31-44)41-17-9-16-40(34-41)37-14-5-2-6-15-37)45-19-10-18-42(35-45)46-21-11-23-50-52(46)53-51(56-50)33-32-48-47-20-7-8-22-49(47)57-54(48)53/h1-35H. The molecular formula is C54H35NS2. The second-order valence-electron chi connectivity index (χ2n) is 14.5. The second-order valence-corrected chi connectivity index (χ2v) is 16.6. The SMILES string of the molecule is c1ccc(-c2ccc(N(c3ccc(-c4cccc(-c5ccccc5)c4)cc3)c3cccc(-c4cccc5sc6ccc7c8ccccc8sc7c6c45)c3)cc2)cc1. The minimum absolute atomic E-state index is 1.11. The van der Waals surface area contributed by atoms with Gasteiger partial charge in [0, 0.05) is 57.4 Å². The molecule has 2 heterocycles. The zero-order valence-corrected chi connectivity index (χ0v) is 32.6. The zero-order chi connectivity index (χ0) is 37.7. The molecule has 0 saturated heterocycles. The molecule has 0 fully saturated rings. The van der Waals surface area contributed by atoms with Crippen LogP contribution in [0, 0.1) is 0 Å². The molecule has 0 saturated carbocycles. The third-order valence-electron chi connectivity index (χ3n) is 11.1. The van der Waals surface area contributed by atoms with Gasteiger partial charge in [-0.2, -0.15) is 0 Å². The Labute approximate surface area is 340 Å². The lowest BCUT2D eigenvalue weighted by atomic mass is 9.97. The van der Waals surface area contributed by atoms with Crippen molar-refractivity contribution in [3.05, 3.63) is 212 Å². The van der Waals surface area contributed by atoms with Crippen LogP contribution in [0.15, 0.2) is 212 Å². The predicted molar refractivity (Wildman–Crippen MR) is 249 cm³/mol. The summed E-state index contributed by atoms with van der Waals surface area (Å²) in [6.07, 6.45) is 0. The van der Waals surface area contributed by atoms with Crippen LogP contribution in [-0.4, -0.2) is 0 Å². The van der Waals surface area contributed by atoms with Gasteiger partial charge < -0.3 is 4.90 Å². The van der Waals surface area contributed by atoms with E-state index in [1.54, 1.807) is 0 Å². The third kappa shape index (κ3) is 6.00. The van der Waals surface area contributed by atoms with Gasteiger partial charge in [0.1, 0.15) is 0 Å². The molecule has 1 nitrogen and oxygen atoms in total. The first-order valence-electron chi connectivity index (χ1n) is 19.3. The van der Waals surface area contributed by atoms with Gasteiger partial charge in [-0.15, -0.1) is 22.7 Å². The summed E-state index contributed by atoms with van der Waals surface area (Å²) in [6.45, 7) is 0. The summed E-state index contributed by atoms with van der Waals surface area (Å²) in [7, 11) is 0. The van der Waals surface area contributed by atoms with Gasteiger partial charge >= 0.3 is 0 Å². The lowest BCUT2D eigenvalue weighted by molar-refractivity contribution is 1.28. The maximum Gasteiger partial charge on any atom is 0.0467 e. The molecule has 11 aromatic rings. The highest BCUT2D eigenvalue weighted by molar-refractivity contribution is 7.29. The molecule has 268 valence electrons. The van der Waals surface area contributed by atoms with E-state index >= 15 is 0 Å². The summed E-state index contributed by atoms with van der Waals surface area (Å²) in [4.78, 5) is 2.39. The number of benzene rings is 9. The van der Waals surface area contributed by atoms with Crippen molar-refractivity contribution in [2.45, 2.75) is 0 Å². The van der Waals surface area contributed by atoms with Crippen molar-refractivity contribution in [1.82, 2.24) is 0 Å². The molecule has 0 unspecified atom stereocenters. The van der Waals surface area contributed by atoms with E-state index in [0.717, 1.165) is 17.1 Å². The summed E-state index contributed by atoms with van der Waals surface area (Å²) in [5.41, 5.74) is 13.0. The average molecular weight is 762 g/mol. The van der Waals surface area contributed by atoms with E-state index in [0.29, 0.717) is 0 Å². The van der Waals surface area contributed by atoms with Crippen molar-refractivity contribution in [1.29, 1.82) is 0 Å². The molecule has 3 heteroatoms. The van der Waals surface area contributed by atoms with Gasteiger partial charge in [0.25, 0.3) is 0 Å². The van der Waals surface area contributed by atoms with Gasteiger partial charge in [-0.05, 0) is 105 Å². The predicted octanol–water partition coefficient (Wildman–Crippen LogP) is 16.6. The van der Waals surface area contributed by atoms with Crippen LogP contribution in [-0.2, 0) is 0 Å². The lowest BCUT2D eigenvalue weighted by Gasteiger charge is -2.26. The van der Waals surface area contributed by atoms with Gasteiger partial charge in [0.05, 0.1) is 0 Å². The topological polar surface area (TPSA) is 3.24 Å². The smallest absolute Gasteiger partial charge is 0.0467 e. The van der Waals surface area contributed by atoms with E-state index in [2.05, 4.69) is 217 Å². The van der Waals surface area contributed by atoms with Crippen LogP contribution in [0.2, 0.25) is 0 Å². The zero-order valence-electron chi connectivity index (χ0n) is 31.0. The maximum absolute atomic E-state index is 2.39. The van der Waals surface area contributed by atoms with Crippen LogP contribution in [0.1, 0.15) is 0 Å². The Morgan fingerprint density at radius 1 is 0.281 bits per heavy atom. The highest BCUT2D eigenvalue weighted by atomic mass is 32.1. The minimum Gasteiger partial charge on any atom is -0.310 e. The number of hydrogen-bond donors (Lipinski definition) is 0. The number of fused-ring (bicyclic) bond motifs is 7. The van der Waals surface area contributed by atoms with Crippen LogP contribution in [0.4, 0.5) is 17.1 Å². The Kier molecular flexibility index (Phi) is 8.28. The van der Waals surface area contributed by atoms with Crippen LogP contribution in [0.3, 0.4) is 0 Å². The molecule has 0 radical (unpaired) electrons. The summed E-state index contributed by atoms with van der Waals surface area (Å²) >= 11 is 3.81. The highest BCUT2D eigenvalue weighted by Crippen LogP contribution is 2.48. The molecule has 0 aliphatic carbocycles. The molecule has 0 amide bonds. The van der Waals surface area contributed by atoms with Crippen LogP contribution in [0.5, 0.6) is 0 Å². The monoisotopic (exact) mass is 761 g/mol. The molecule has 57 heavy (non-hydrogen) atoms. The van der Waals surface area contributed by atoms with Crippen LogP contribution in [0.25, 0.3) is 84.9 Å². The Hall–Kier alpha value is -6.78. The average Bonchev–Trinajstić information content (AvgIpc) is 3.87. The van der Waals surface area contributed by atoms with E-state index in [4.69, 9.17) is 0 Å². The molecule has 2 aromatic heterocycles. The number of nitrogens with zero attached hydrogens (tertiary/aromatic N) is 1. The largest absolute Gasteiger partial charge is 0.310 e. The van der Waals surface area contributed by atoms with E-state index in [1.165, 1.54) is 84.9 Å². The van der Waals surface area contributed by atoms with E-state index < -0.39 is 0 Å². The summed E-state index contributed by atoms with van der Waals surface area (Å²) in [6, 6.07) is 77.4. The van der Waals surface area contributed by atoms with Gasteiger partial charge in [-0.25, -0.2) is 0 Å². The van der Waals surface area contributed by atoms with E-state index in [9.17, 15) is 0 Å². The number of hydrogen-bond acceptors (Lipinski definition) is 3. The fraction of sp³-hybridized carbons (Fsp3) is 0. The van der Waals surface area contributed by atoms with Crippen molar-refractivity contribution in [3.63, 3.8) is 0 Å². The Morgan fingerprint density at radius 3 is 1.53 bits per heavy atom. The molecule has 0 N–H and O–H groups in total. The van der Waals surface area contributed by atoms with Gasteiger partial charge in [0.2, 0.25) is 0 Å². The molecular weight excluding hydrogens is 727 g/mol. The summed E-state index contributed by atoms with van der Waals surface area (Å²) in [5, 5.41) is 5.39. The molecule has 0 bridgehead atoms. The molecule has 11 rings (SSSR count). The number of rotatable bonds is 7. The fourth-order valence-electron chi connectivity index (χ4n) is 8.33. The Morgan fingerprint density at radius 2 is 0.807 bits per heavy atom. The van der Waals surface area contributed by atoms with Crippen LogP contribution >= 0.6 is 22.7 Å². The fourth-order valence-corrected chi connectivity index (χ4v) is 10.8. The summed E-state index contributed by atoms with van der Waals surface area (Å²) in [5.74, 6) is 0. The van der Waals surface area contributed by atoms with Crippen LogP contribution < -0.4 is 4.90 Å². The second kappa shape index (κ2) is 14.1. The molecule has 0 aliphatic rings. The van der Waals surface area contributed by atoms with Crippen molar-refractivity contribution >= 4 is 80.1 Å². The minimum atomic E-state index is 1.11. The lowest BCUT2D eigenvalue weighted by Crippen LogP contribution is -2.10. The first kappa shape index (κ1) is 33.5. The van der Waals surface area contributed by atoms with E-state index in [-0.39, 0.29) is 0 Å². The summed E-state index contributed by atoms with van der Waals surface area (Å²) < 4.78 is 5.36. The number of anilines is 3. The van der Waals surface area contributed by atoms with Gasteiger partial charge in [-0.3, -0.25) is 0 Å². The maximum atomic E-state index is 2.39. The molecule has 0 atom stereocenters. The normalized spacial score (nSPS) is 11.5. The Bertz CT molecular complexity index is 3210. The van der Waals surface area contributed by atoms with Gasteiger partial charge in [-0.1, -0.05) is 152 Å². The molecule has 0 aliphatic heterocycles. The highest BCUT2D eigenvalue weighted by Gasteiger charge is 2.19.